The Hall–Kier alpha value is -3.17. The Morgan fingerprint density at radius 3 is 2.64 bits per heavy atom. The van der Waals surface area contributed by atoms with Crippen molar-refractivity contribution in [2.24, 2.45) is 7.05 Å². The van der Waals surface area contributed by atoms with Gasteiger partial charge in [-0.1, -0.05) is 0 Å². The quantitative estimate of drug-likeness (QED) is 0.670. The summed E-state index contributed by atoms with van der Waals surface area (Å²) in [4.78, 5) is 34.3. The zero-order valence-corrected chi connectivity index (χ0v) is 11.9. The molecule has 0 saturated carbocycles. The topological polar surface area (TPSA) is 131 Å². The third kappa shape index (κ3) is 3.29. The number of carboxylic acid groups (broad SMARTS) is 1. The highest BCUT2D eigenvalue weighted by molar-refractivity contribution is 6.02. The number of aryl methyl sites for hydroxylation is 1. The molecule has 2 aromatic rings. The first-order valence-electron chi connectivity index (χ1n) is 6.22. The largest absolute Gasteiger partial charge is 0.478 e. The fourth-order valence-electron chi connectivity index (χ4n) is 1.76. The summed E-state index contributed by atoms with van der Waals surface area (Å²) in [5.41, 5.74) is 0.336. The molecule has 22 heavy (non-hydrogen) atoms. The minimum absolute atomic E-state index is 0.0137. The molecular weight excluding hydrogens is 292 g/mol. The maximum atomic E-state index is 11.9. The van der Waals surface area contributed by atoms with Crippen LogP contribution in [0.15, 0.2) is 18.6 Å². The van der Waals surface area contributed by atoms with Crippen LogP contribution in [0.4, 0.5) is 5.69 Å². The van der Waals surface area contributed by atoms with Crippen LogP contribution in [0, 0.1) is 0 Å². The predicted octanol–water partition coefficient (Wildman–Crippen LogP) is -0.687. The van der Waals surface area contributed by atoms with E-state index in [0.717, 1.165) is 6.20 Å². The molecule has 0 aromatic carbocycles. The predicted molar refractivity (Wildman–Crippen MR) is 74.4 cm³/mol. The molecule has 0 radical (unpaired) electrons. The van der Waals surface area contributed by atoms with Gasteiger partial charge in [-0.15, -0.1) is 0 Å². The summed E-state index contributed by atoms with van der Waals surface area (Å²) < 4.78 is 2.59. The number of aromatic carboxylic acids is 1. The van der Waals surface area contributed by atoms with Crippen LogP contribution in [0.2, 0.25) is 0 Å². The number of carbonyl (C=O) groups excluding carboxylic acids is 2. The molecule has 116 valence electrons. The van der Waals surface area contributed by atoms with E-state index in [1.807, 2.05) is 0 Å². The first kappa shape index (κ1) is 15.2. The number of rotatable bonds is 5. The van der Waals surface area contributed by atoms with Crippen LogP contribution < -0.4 is 10.6 Å². The summed E-state index contributed by atoms with van der Waals surface area (Å²) in [6.07, 6.45) is 3.88. The van der Waals surface area contributed by atoms with Gasteiger partial charge in [-0.2, -0.15) is 10.2 Å². The molecule has 0 aliphatic heterocycles. The molecule has 0 spiro atoms. The Kier molecular flexibility index (Phi) is 4.20. The lowest BCUT2D eigenvalue weighted by Crippen LogP contribution is -2.23. The van der Waals surface area contributed by atoms with Gasteiger partial charge in [0.15, 0.2) is 5.69 Å². The molecule has 0 fully saturated rings. The summed E-state index contributed by atoms with van der Waals surface area (Å²) in [5.74, 6) is -2.01. The van der Waals surface area contributed by atoms with E-state index in [1.165, 1.54) is 28.8 Å². The molecule has 2 amide bonds. The number of hydrogen-bond donors (Lipinski definition) is 3. The molecular formula is C12H14N6O4. The van der Waals surface area contributed by atoms with Crippen LogP contribution in [-0.2, 0) is 18.4 Å². The molecule has 10 heteroatoms. The van der Waals surface area contributed by atoms with Crippen molar-refractivity contribution >= 4 is 23.5 Å². The number of nitrogens with one attached hydrogen (secondary N) is 2. The second-order valence-corrected chi connectivity index (χ2v) is 4.42. The van der Waals surface area contributed by atoms with E-state index in [0.29, 0.717) is 0 Å². The smallest absolute Gasteiger partial charge is 0.338 e. The van der Waals surface area contributed by atoms with Gasteiger partial charge >= 0.3 is 5.97 Å². The Bertz CT molecular complexity index is 732. The van der Waals surface area contributed by atoms with E-state index in [-0.39, 0.29) is 23.5 Å². The van der Waals surface area contributed by atoms with Gasteiger partial charge in [0.1, 0.15) is 6.54 Å². The number of amides is 2. The maximum absolute atomic E-state index is 11.9. The fourth-order valence-corrected chi connectivity index (χ4v) is 1.76. The van der Waals surface area contributed by atoms with Gasteiger partial charge in [0.25, 0.3) is 5.91 Å². The lowest BCUT2D eigenvalue weighted by Gasteiger charge is -2.04. The van der Waals surface area contributed by atoms with Crippen LogP contribution in [0.25, 0.3) is 0 Å². The molecule has 2 rings (SSSR count). The van der Waals surface area contributed by atoms with Crippen LogP contribution in [-0.4, -0.2) is 49.5 Å². The Morgan fingerprint density at radius 1 is 1.32 bits per heavy atom. The Morgan fingerprint density at radius 2 is 2.05 bits per heavy atom. The number of carboxylic acids is 1. The van der Waals surface area contributed by atoms with Gasteiger partial charge in [0.05, 0.1) is 17.4 Å². The van der Waals surface area contributed by atoms with Crippen molar-refractivity contribution in [2.45, 2.75) is 6.54 Å². The standard InChI is InChI=1S/C12H14N6O4/c1-13-11(20)10-8(5-17(2)16-10)15-9(19)6-18-4-7(3-14-18)12(21)22/h3-5H,6H2,1-2H3,(H,13,20)(H,15,19)(H,21,22). The van der Waals surface area contributed by atoms with E-state index >= 15 is 0 Å². The summed E-state index contributed by atoms with van der Waals surface area (Å²) in [7, 11) is 3.08. The molecule has 0 atom stereocenters. The highest BCUT2D eigenvalue weighted by Gasteiger charge is 2.17. The van der Waals surface area contributed by atoms with Crippen LogP contribution in [0.1, 0.15) is 20.8 Å². The van der Waals surface area contributed by atoms with E-state index in [9.17, 15) is 14.4 Å². The van der Waals surface area contributed by atoms with E-state index in [4.69, 9.17) is 5.11 Å². The van der Waals surface area contributed by atoms with E-state index < -0.39 is 17.8 Å². The summed E-state index contributed by atoms with van der Waals surface area (Å²) in [5, 5.41) is 21.5. The molecule has 0 aliphatic carbocycles. The minimum atomic E-state index is -1.12. The van der Waals surface area contributed by atoms with Gasteiger partial charge in [-0.3, -0.25) is 19.0 Å². The number of carbonyl (C=O) groups is 3. The van der Waals surface area contributed by atoms with Gasteiger partial charge in [-0.05, 0) is 0 Å². The first-order chi connectivity index (χ1) is 10.4. The van der Waals surface area contributed by atoms with E-state index in [2.05, 4.69) is 20.8 Å². The number of hydrogen-bond acceptors (Lipinski definition) is 5. The molecule has 0 bridgehead atoms. The van der Waals surface area contributed by atoms with Crippen LogP contribution >= 0.6 is 0 Å². The monoisotopic (exact) mass is 306 g/mol. The normalized spacial score (nSPS) is 10.3. The van der Waals surface area contributed by atoms with Crippen molar-refractivity contribution in [3.63, 3.8) is 0 Å². The van der Waals surface area contributed by atoms with Crippen molar-refractivity contribution in [1.82, 2.24) is 24.9 Å². The average molecular weight is 306 g/mol. The highest BCUT2D eigenvalue weighted by atomic mass is 16.4. The van der Waals surface area contributed by atoms with Crippen LogP contribution in [0.3, 0.4) is 0 Å². The van der Waals surface area contributed by atoms with Gasteiger partial charge < -0.3 is 15.7 Å². The van der Waals surface area contributed by atoms with E-state index in [1.54, 1.807) is 7.05 Å². The average Bonchev–Trinajstić information content (AvgIpc) is 3.05. The summed E-state index contributed by atoms with van der Waals surface area (Å²) in [6.45, 7) is -0.185. The SMILES string of the molecule is CNC(=O)c1nn(C)cc1NC(=O)Cn1cc(C(=O)O)cn1. The summed E-state index contributed by atoms with van der Waals surface area (Å²) >= 11 is 0. The number of anilines is 1. The third-order valence-electron chi connectivity index (χ3n) is 2.73. The Labute approximate surface area is 124 Å². The van der Waals surface area contributed by atoms with Crippen LogP contribution in [0.5, 0.6) is 0 Å². The lowest BCUT2D eigenvalue weighted by molar-refractivity contribution is -0.116. The van der Waals surface area contributed by atoms with Gasteiger partial charge in [-0.25, -0.2) is 4.79 Å². The zero-order valence-electron chi connectivity index (χ0n) is 11.9. The number of nitrogens with zero attached hydrogens (tertiary/aromatic N) is 4. The lowest BCUT2D eigenvalue weighted by atomic mass is 10.3. The Balaban J connectivity index is 2.08. The molecule has 2 heterocycles. The van der Waals surface area contributed by atoms with Gasteiger partial charge in [0, 0.05) is 26.5 Å². The van der Waals surface area contributed by atoms with Gasteiger partial charge in [0.2, 0.25) is 5.91 Å². The van der Waals surface area contributed by atoms with Crippen molar-refractivity contribution in [2.75, 3.05) is 12.4 Å². The molecule has 0 saturated heterocycles. The van der Waals surface area contributed by atoms with Crippen molar-refractivity contribution in [3.05, 3.63) is 29.8 Å². The van der Waals surface area contributed by atoms with Crippen molar-refractivity contribution in [1.29, 1.82) is 0 Å². The molecule has 10 nitrogen and oxygen atoms in total. The number of aromatic nitrogens is 4. The zero-order chi connectivity index (χ0) is 16.3. The molecule has 0 aliphatic rings. The first-order valence-corrected chi connectivity index (χ1v) is 6.22. The summed E-state index contributed by atoms with van der Waals surface area (Å²) in [6, 6.07) is 0. The second-order valence-electron chi connectivity index (χ2n) is 4.42. The molecule has 3 N–H and O–H groups in total. The highest BCUT2D eigenvalue weighted by Crippen LogP contribution is 2.13. The third-order valence-corrected chi connectivity index (χ3v) is 2.73. The van der Waals surface area contributed by atoms with Crippen molar-refractivity contribution < 1.29 is 19.5 Å². The van der Waals surface area contributed by atoms with Crippen molar-refractivity contribution in [3.8, 4) is 0 Å². The fraction of sp³-hybridized carbons (Fsp3) is 0.250. The second kappa shape index (κ2) is 6.08. The maximum Gasteiger partial charge on any atom is 0.338 e. The minimum Gasteiger partial charge on any atom is -0.478 e. The molecule has 2 aromatic heterocycles. The molecule has 0 unspecified atom stereocenters.